The highest BCUT2D eigenvalue weighted by Crippen LogP contribution is 2.42. The number of aliphatic hydroxyl groups is 1. The van der Waals surface area contributed by atoms with Gasteiger partial charge in [0.05, 0.1) is 6.10 Å². The molecule has 0 bridgehead atoms. The van der Waals surface area contributed by atoms with Crippen molar-refractivity contribution < 1.29 is 19.4 Å². The fraction of sp³-hybridized carbons (Fsp3) is 0.621. The molecule has 4 aromatic rings. The Hall–Kier alpha value is -3.30. The number of carbonyl (C=O) groups is 1. The van der Waals surface area contributed by atoms with Gasteiger partial charge in [0, 0.05) is 80.1 Å². The highest BCUT2D eigenvalue weighted by Gasteiger charge is 2.40. The molecule has 3 aliphatic carbocycles. The number of hydrogen-bond donors (Lipinski definition) is 2. The summed E-state index contributed by atoms with van der Waals surface area (Å²) in [6.07, 6.45) is 27.7. The largest absolute Gasteiger partial charge is 0.474 e. The molecular formula is C58H81Br3N6O5. The van der Waals surface area contributed by atoms with E-state index in [4.69, 9.17) is 9.47 Å². The van der Waals surface area contributed by atoms with Gasteiger partial charge in [-0.25, -0.2) is 9.97 Å². The number of H-pyrrole nitrogens is 1. The number of ether oxygens (including phenoxy) is 2. The molecule has 1 amide bonds. The van der Waals surface area contributed by atoms with Crippen LogP contribution in [0.1, 0.15) is 152 Å². The minimum absolute atomic E-state index is 0.00593. The van der Waals surface area contributed by atoms with Gasteiger partial charge in [-0.1, -0.05) is 74.5 Å². The molecule has 2 atom stereocenters. The third-order valence-corrected chi connectivity index (χ3v) is 16.7. The summed E-state index contributed by atoms with van der Waals surface area (Å²) >= 11 is 10.2. The van der Waals surface area contributed by atoms with Gasteiger partial charge in [-0.3, -0.25) is 14.6 Å². The molecule has 2 unspecified atom stereocenters. The number of amides is 1. The number of fused-ring (bicyclic) bond motifs is 3. The first-order valence-corrected chi connectivity index (χ1v) is 28.8. The van der Waals surface area contributed by atoms with E-state index in [0.29, 0.717) is 39.9 Å². The summed E-state index contributed by atoms with van der Waals surface area (Å²) < 4.78 is 13.9. The highest BCUT2D eigenvalue weighted by molar-refractivity contribution is 9.12. The van der Waals surface area contributed by atoms with E-state index in [1.807, 2.05) is 41.5 Å². The van der Waals surface area contributed by atoms with Gasteiger partial charge in [-0.15, -0.1) is 0 Å². The quantitative estimate of drug-likeness (QED) is 0.206. The zero-order valence-electron chi connectivity index (χ0n) is 44.3. The summed E-state index contributed by atoms with van der Waals surface area (Å²) in [5.41, 5.74) is 2.45. The van der Waals surface area contributed by atoms with Gasteiger partial charge in [0.1, 0.15) is 17.9 Å². The number of nitrogens with one attached hydrogen (secondary N) is 1. The van der Waals surface area contributed by atoms with Crippen molar-refractivity contribution in [3.8, 4) is 5.88 Å². The summed E-state index contributed by atoms with van der Waals surface area (Å²) in [5, 5.41) is 11.2. The Kier molecular flexibility index (Phi) is 21.3. The van der Waals surface area contributed by atoms with E-state index in [1.165, 1.54) is 57.4 Å². The lowest BCUT2D eigenvalue weighted by Crippen LogP contribution is -2.52. The predicted octanol–water partition coefficient (Wildman–Crippen LogP) is 14.7. The molecule has 1 saturated heterocycles. The van der Waals surface area contributed by atoms with Crippen LogP contribution in [0.5, 0.6) is 5.88 Å². The van der Waals surface area contributed by atoms with E-state index < -0.39 is 0 Å². The van der Waals surface area contributed by atoms with E-state index in [9.17, 15) is 14.7 Å². The van der Waals surface area contributed by atoms with E-state index in [1.54, 1.807) is 24.5 Å². The maximum Gasteiger partial charge on any atom is 0.249 e. The van der Waals surface area contributed by atoms with Crippen LogP contribution in [0.2, 0.25) is 0 Å². The number of carbonyl (C=O) groups excluding carboxylic acids is 1. The lowest BCUT2D eigenvalue weighted by molar-refractivity contribution is -0.133. The molecule has 7 heterocycles. The molecule has 14 heteroatoms. The summed E-state index contributed by atoms with van der Waals surface area (Å²) in [6.45, 7) is 22.9. The molecule has 4 aromatic heterocycles. The number of dihydropyridines is 1. The Morgan fingerprint density at radius 2 is 1.24 bits per heavy atom. The first-order valence-electron chi connectivity index (χ1n) is 26.4. The zero-order valence-corrected chi connectivity index (χ0v) is 49.1. The molecule has 4 fully saturated rings. The number of rotatable bonds is 3. The van der Waals surface area contributed by atoms with Crippen molar-refractivity contribution in [3.63, 3.8) is 0 Å². The fourth-order valence-electron chi connectivity index (χ4n) is 10.7. The van der Waals surface area contributed by atoms with Gasteiger partial charge >= 0.3 is 0 Å². The summed E-state index contributed by atoms with van der Waals surface area (Å²) in [7, 11) is 0. The molecule has 3 saturated carbocycles. The minimum Gasteiger partial charge on any atom is -0.474 e. The lowest BCUT2D eigenvalue weighted by Gasteiger charge is -2.45. The normalized spacial score (nSPS) is 26.3. The fourth-order valence-corrected chi connectivity index (χ4v) is 11.8. The number of allylic oxidation sites excluding steroid dienone is 1. The average Bonchev–Trinajstić information content (AvgIpc) is 3.93. The third-order valence-electron chi connectivity index (χ3n) is 15.3. The van der Waals surface area contributed by atoms with Gasteiger partial charge in [0.15, 0.2) is 5.65 Å². The first-order chi connectivity index (χ1) is 34.0. The second-order valence-electron chi connectivity index (χ2n) is 23.7. The molecule has 10 rings (SSSR count). The standard InChI is InChI=1S/C18H23BrN2O.C18H25BrN2O.C10H20O.C8H5BrN2O.C4H8O/c1-18(2,3)13-5-7-15(8-6-13)22-16-9-4-12-10-14(19)11-20-17(12)21-16;1-18(2,3)13-5-7-15(8-6-13)21-16(22)9-4-12-10-14(19)11-20-17(12)21;1-10(2,3)8-4-6-9(11)7-5-8;9-6-3-5-1-2-7(12)11-8(5)10-4-6;1-2-4-5-3-1/h4,9-11,13,15H,5-8H2,1-3H3;4,9-13,15,17H,5-8H2,1-3H3;8-9,11H,4-7H2,1-3H3;1-4H,(H,10,11,12);1-4H2. The Balaban J connectivity index is 0.000000157. The lowest BCUT2D eigenvalue weighted by atomic mass is 9.71. The molecule has 0 spiro atoms. The van der Waals surface area contributed by atoms with E-state index in [-0.39, 0.29) is 29.7 Å². The summed E-state index contributed by atoms with van der Waals surface area (Å²) in [5.74, 6) is 3.42. The van der Waals surface area contributed by atoms with Crippen LogP contribution in [0.4, 0.5) is 0 Å². The predicted molar refractivity (Wildman–Crippen MR) is 305 cm³/mol. The second kappa shape index (κ2) is 26.5. The number of aliphatic hydroxyl groups excluding tert-OH is 1. The Labute approximate surface area is 454 Å². The Morgan fingerprint density at radius 3 is 1.81 bits per heavy atom. The molecule has 3 aliphatic heterocycles. The monoisotopic (exact) mass is 1180 g/mol. The van der Waals surface area contributed by atoms with Crippen LogP contribution in [0.3, 0.4) is 0 Å². The van der Waals surface area contributed by atoms with E-state index in [0.717, 1.165) is 99.3 Å². The smallest absolute Gasteiger partial charge is 0.249 e. The van der Waals surface area contributed by atoms with Crippen LogP contribution >= 0.6 is 47.8 Å². The average molecular weight is 1180 g/mol. The van der Waals surface area contributed by atoms with Crippen LogP contribution in [-0.2, 0) is 9.53 Å². The second-order valence-corrected chi connectivity index (χ2v) is 26.5. The van der Waals surface area contributed by atoms with Crippen molar-refractivity contribution in [1.82, 2.24) is 24.8 Å². The zero-order chi connectivity index (χ0) is 52.2. The maximum absolute atomic E-state index is 12.4. The van der Waals surface area contributed by atoms with Gasteiger partial charge in [0.2, 0.25) is 17.3 Å². The van der Waals surface area contributed by atoms with Gasteiger partial charge in [-0.2, -0.15) is 4.98 Å². The summed E-state index contributed by atoms with van der Waals surface area (Å²) in [4.78, 5) is 45.5. The van der Waals surface area contributed by atoms with Gasteiger partial charge in [-0.05, 0) is 202 Å². The SMILES string of the molecule is C1CCOC1.CC(C)(C)C1CCC(N2C(=O)C=CC3C=C(Br)C=NC32)CC1.CC(C)(C)C1CCC(O)CC1.CC(C)(C)C1CCC(Oc2ccc3cc(Br)cnc3n2)CC1.O=c1ccc2cc(Br)cnc2[nH]1. The molecule has 2 N–H and O–H groups in total. The van der Waals surface area contributed by atoms with Crippen LogP contribution in [-0.4, -0.2) is 79.7 Å². The number of aromatic nitrogens is 4. The number of nitrogens with zero attached hydrogens (tertiary/aromatic N) is 5. The maximum atomic E-state index is 12.4. The molecule has 6 aliphatic rings. The van der Waals surface area contributed by atoms with E-state index in [2.05, 4.69) is 141 Å². The van der Waals surface area contributed by atoms with Crippen LogP contribution in [0.15, 0.2) is 90.2 Å². The minimum atomic E-state index is -0.127. The van der Waals surface area contributed by atoms with Crippen molar-refractivity contribution in [2.24, 2.45) is 44.9 Å². The number of aromatic amines is 1. The van der Waals surface area contributed by atoms with Crippen molar-refractivity contribution >= 4 is 82.0 Å². The highest BCUT2D eigenvalue weighted by atomic mass is 79.9. The molecule has 72 heavy (non-hydrogen) atoms. The van der Waals surface area contributed by atoms with Crippen LogP contribution in [0.25, 0.3) is 22.1 Å². The number of aliphatic imine (C=N–C) groups is 1. The van der Waals surface area contributed by atoms with Crippen molar-refractivity contribution in [2.45, 2.75) is 177 Å². The van der Waals surface area contributed by atoms with Crippen LogP contribution < -0.4 is 10.3 Å². The van der Waals surface area contributed by atoms with Crippen LogP contribution in [0, 0.1) is 39.9 Å². The van der Waals surface area contributed by atoms with Gasteiger partial charge in [0.25, 0.3) is 0 Å². The molecule has 394 valence electrons. The third kappa shape index (κ3) is 17.7. The van der Waals surface area contributed by atoms with Crippen molar-refractivity contribution in [3.05, 3.63) is 90.8 Å². The Bertz CT molecular complexity index is 2510. The van der Waals surface area contributed by atoms with Gasteiger partial charge < -0.3 is 24.5 Å². The number of halogens is 3. The number of hydrogen-bond acceptors (Lipinski definition) is 9. The first kappa shape index (κ1) is 58.0. The molecule has 0 aromatic carbocycles. The topological polar surface area (TPSA) is 143 Å². The summed E-state index contributed by atoms with van der Waals surface area (Å²) in [6, 6.07) is 11.5. The molecule has 0 radical (unpaired) electrons. The Morgan fingerprint density at radius 1 is 0.694 bits per heavy atom. The molecule has 11 nitrogen and oxygen atoms in total. The number of pyridine rings is 4. The van der Waals surface area contributed by atoms with Crippen molar-refractivity contribution in [1.29, 1.82) is 0 Å². The van der Waals surface area contributed by atoms with E-state index >= 15 is 0 Å². The molecular weight excluding hydrogens is 1100 g/mol. The van der Waals surface area contributed by atoms with Crippen molar-refractivity contribution in [2.75, 3.05) is 13.2 Å².